The van der Waals surface area contributed by atoms with Gasteiger partial charge in [-0.3, -0.25) is 48.1 Å². The molecule has 0 bridgehead atoms. The molecule has 18 nitrogen and oxygen atoms in total. The van der Waals surface area contributed by atoms with Gasteiger partial charge in [0.15, 0.2) is 17.5 Å². The summed E-state index contributed by atoms with van der Waals surface area (Å²) in [7, 11) is 3.25. The number of aliphatic carboxylic acids is 1. The molecule has 0 saturated carbocycles. The van der Waals surface area contributed by atoms with Crippen molar-refractivity contribution in [2.24, 2.45) is 23.7 Å². The summed E-state index contributed by atoms with van der Waals surface area (Å²) in [6, 6.07) is 7.21. The second kappa shape index (κ2) is 24.5. The number of benzene rings is 1. The highest BCUT2D eigenvalue weighted by Crippen LogP contribution is 2.40. The van der Waals surface area contributed by atoms with Crippen LogP contribution < -0.4 is 10.6 Å². The van der Waals surface area contributed by atoms with E-state index in [1.165, 1.54) is 36.3 Å². The highest BCUT2D eigenvalue weighted by atomic mass is 32.1. The molecule has 1 aromatic carbocycles. The Labute approximate surface area is 402 Å². The molecule has 372 valence electrons. The first-order valence-electron chi connectivity index (χ1n) is 23.2. The minimum absolute atomic E-state index is 0.0227. The minimum Gasteiger partial charge on any atom is -0.480 e. The second-order valence-corrected chi connectivity index (χ2v) is 19.5. The number of carbonyl (C=O) groups excluding carboxylic acids is 8. The minimum atomic E-state index is -1.39. The highest BCUT2D eigenvalue weighted by molar-refractivity contribution is 7.09. The first-order chi connectivity index (χ1) is 32.0. The van der Waals surface area contributed by atoms with Crippen molar-refractivity contribution in [2.45, 2.75) is 136 Å². The molecule has 2 unspecified atom stereocenters. The fourth-order valence-electron chi connectivity index (χ4n) is 8.73. The molecule has 1 fully saturated rings. The lowest BCUT2D eigenvalue weighted by Crippen LogP contribution is -2.49. The summed E-state index contributed by atoms with van der Waals surface area (Å²) in [6.45, 7) is 13.8. The second-order valence-electron chi connectivity index (χ2n) is 18.6. The van der Waals surface area contributed by atoms with E-state index in [4.69, 9.17) is 14.6 Å². The van der Waals surface area contributed by atoms with E-state index in [1.54, 1.807) is 19.0 Å². The van der Waals surface area contributed by atoms with Crippen LogP contribution in [0.15, 0.2) is 47.9 Å². The lowest BCUT2D eigenvalue weighted by molar-refractivity contribution is -0.150. The monoisotopic (exact) mass is 964 g/mol. The molecule has 2 aliphatic rings. The lowest BCUT2D eigenvalue weighted by Gasteiger charge is -2.37. The van der Waals surface area contributed by atoms with Gasteiger partial charge in [-0.1, -0.05) is 78.3 Å². The summed E-state index contributed by atoms with van der Waals surface area (Å²) in [6.07, 6.45) is 2.51. The molecule has 0 spiro atoms. The zero-order valence-electron chi connectivity index (χ0n) is 40.8. The standard InChI is InChI=1S/C49H68N6O12S/c1-11-30(6)33(24-37(57)43(29(4)5)54(10)39(58)19-15-16-22-55-40(59)20-21-41(55)60)47(64)53(9)36(28(2)3)25-38(66-31(7)56)46-52-35(27-68-46)45(63)51-34(23-32-17-13-12-14-18-32)44-49(8,67-44)48(65)50-26-42(61)62/h12-14,17-18,20-21,27-30,33-34,36,38,43-44H,11,15-16,19,22-26H2,1-10H3,(H,50,65)(H,51,63)(H,61,62)/t30-,33-,34-,36+,38+,43+,44?,49?/m0/s1. The highest BCUT2D eigenvalue weighted by Gasteiger charge is 2.62. The molecule has 6 amide bonds. The van der Waals surface area contributed by atoms with Crippen LogP contribution in [0.4, 0.5) is 0 Å². The molecule has 68 heavy (non-hydrogen) atoms. The quantitative estimate of drug-likeness (QED) is 0.0484. The number of ether oxygens (including phenoxy) is 2. The Kier molecular flexibility index (Phi) is 19.7. The molecule has 2 aromatic rings. The van der Waals surface area contributed by atoms with Crippen molar-refractivity contribution in [3.05, 3.63) is 64.1 Å². The number of aromatic nitrogens is 1. The molecule has 1 aromatic heterocycles. The number of Topliss-reactive ketones (excluding diaryl/α,β-unsaturated/α-hetero) is 1. The maximum absolute atomic E-state index is 14.6. The number of hydrogen-bond donors (Lipinski definition) is 3. The maximum Gasteiger partial charge on any atom is 0.322 e. The van der Waals surface area contributed by atoms with E-state index < -0.39 is 72.2 Å². The summed E-state index contributed by atoms with van der Waals surface area (Å²) in [5.74, 6) is -5.95. The number of imide groups is 1. The number of likely N-dealkylation sites (N-methyl/N-ethyl adjacent to an activating group) is 1. The van der Waals surface area contributed by atoms with Gasteiger partial charge < -0.3 is 35.0 Å². The number of thiazole rings is 1. The summed E-state index contributed by atoms with van der Waals surface area (Å²) in [5.41, 5.74) is -0.515. The molecule has 0 radical (unpaired) electrons. The number of carboxylic acids is 1. The van der Waals surface area contributed by atoms with Crippen LogP contribution >= 0.6 is 11.3 Å². The van der Waals surface area contributed by atoms with Gasteiger partial charge in [0.05, 0.1) is 12.1 Å². The number of esters is 1. The molecule has 0 aliphatic carbocycles. The number of hydrogen-bond acceptors (Lipinski definition) is 13. The van der Waals surface area contributed by atoms with Crippen molar-refractivity contribution in [1.29, 1.82) is 0 Å². The summed E-state index contributed by atoms with van der Waals surface area (Å²) in [5, 5.41) is 16.2. The number of unbranched alkanes of at least 4 members (excludes halogenated alkanes) is 1. The van der Waals surface area contributed by atoms with E-state index in [0.717, 1.165) is 21.8 Å². The Morgan fingerprint density at radius 1 is 0.956 bits per heavy atom. The van der Waals surface area contributed by atoms with Gasteiger partial charge >= 0.3 is 11.9 Å². The zero-order chi connectivity index (χ0) is 50.6. The third kappa shape index (κ3) is 14.4. The van der Waals surface area contributed by atoms with Gasteiger partial charge in [0.25, 0.3) is 23.6 Å². The van der Waals surface area contributed by atoms with Crippen LogP contribution in [-0.4, -0.2) is 135 Å². The molecule has 8 atom stereocenters. The first-order valence-corrected chi connectivity index (χ1v) is 24.1. The third-order valence-electron chi connectivity index (χ3n) is 12.9. The van der Waals surface area contributed by atoms with Crippen molar-refractivity contribution < 1.29 is 57.7 Å². The predicted molar refractivity (Wildman–Crippen MR) is 252 cm³/mol. The van der Waals surface area contributed by atoms with Crippen molar-refractivity contribution in [1.82, 2.24) is 30.3 Å². The van der Waals surface area contributed by atoms with Gasteiger partial charge in [-0.05, 0) is 49.5 Å². The maximum atomic E-state index is 14.6. The SMILES string of the molecule is CC[C@H](C)[C@H](CC(=O)[C@@H](C(C)C)N(C)C(=O)CCCCN1C(=O)C=CC1=O)C(=O)N(C)[C@H](C[C@@H](OC(C)=O)c1nc(C(=O)N[C@@H](Cc2ccccc2)C2OC2(C)C(=O)NCC(=O)O)cs1)C(C)C. The van der Waals surface area contributed by atoms with Crippen LogP contribution in [0.3, 0.4) is 0 Å². The molecular weight excluding hydrogens is 897 g/mol. The van der Waals surface area contributed by atoms with Crippen LogP contribution in [0, 0.1) is 23.7 Å². The Hall–Kier alpha value is -5.82. The number of carbonyl (C=O) groups is 9. The number of nitrogens with one attached hydrogen (secondary N) is 2. The van der Waals surface area contributed by atoms with Gasteiger partial charge in [0.2, 0.25) is 11.8 Å². The van der Waals surface area contributed by atoms with Gasteiger partial charge in [-0.25, -0.2) is 4.98 Å². The molecule has 4 rings (SSSR count). The van der Waals surface area contributed by atoms with Crippen LogP contribution in [0.25, 0.3) is 0 Å². The van der Waals surface area contributed by atoms with E-state index >= 15 is 0 Å². The number of nitrogens with zero attached hydrogens (tertiary/aromatic N) is 4. The zero-order valence-corrected chi connectivity index (χ0v) is 41.6. The fourth-order valence-corrected chi connectivity index (χ4v) is 9.57. The van der Waals surface area contributed by atoms with E-state index in [2.05, 4.69) is 15.6 Å². The molecule has 3 heterocycles. The van der Waals surface area contributed by atoms with Gasteiger partial charge in [-0.2, -0.15) is 0 Å². The molecule has 1 saturated heterocycles. The number of rotatable bonds is 27. The average Bonchev–Trinajstić information content (AvgIpc) is 3.56. The van der Waals surface area contributed by atoms with Gasteiger partial charge in [0.1, 0.15) is 23.4 Å². The van der Waals surface area contributed by atoms with Crippen molar-refractivity contribution >= 4 is 64.5 Å². The largest absolute Gasteiger partial charge is 0.480 e. The normalized spacial score (nSPS) is 19.2. The number of carboxylic acid groups (broad SMARTS) is 1. The van der Waals surface area contributed by atoms with E-state index in [9.17, 15) is 43.2 Å². The van der Waals surface area contributed by atoms with Crippen LogP contribution in [0.5, 0.6) is 0 Å². The number of amides is 6. The third-order valence-corrected chi connectivity index (χ3v) is 13.8. The van der Waals surface area contributed by atoms with E-state index in [1.807, 2.05) is 71.9 Å². The van der Waals surface area contributed by atoms with Crippen LogP contribution in [-0.2, 0) is 54.3 Å². The number of epoxide rings is 1. The summed E-state index contributed by atoms with van der Waals surface area (Å²) in [4.78, 5) is 125. The number of ketones is 1. The average molecular weight is 965 g/mol. The lowest BCUT2D eigenvalue weighted by atomic mass is 9.82. The molecule has 3 N–H and O–H groups in total. The topological polar surface area (TPSA) is 242 Å². The Bertz CT molecular complexity index is 2180. The van der Waals surface area contributed by atoms with Gasteiger partial charge in [-0.15, -0.1) is 11.3 Å². The van der Waals surface area contributed by atoms with Crippen molar-refractivity contribution in [2.75, 3.05) is 27.2 Å². The first kappa shape index (κ1) is 54.8. The van der Waals surface area contributed by atoms with Crippen molar-refractivity contribution in [3.8, 4) is 0 Å². The van der Waals surface area contributed by atoms with Crippen LogP contribution in [0.1, 0.15) is 121 Å². The van der Waals surface area contributed by atoms with E-state index in [-0.39, 0.29) is 85.1 Å². The smallest absolute Gasteiger partial charge is 0.322 e. The molecular formula is C49H68N6O12S. The Morgan fingerprint density at radius 3 is 2.18 bits per heavy atom. The van der Waals surface area contributed by atoms with E-state index in [0.29, 0.717) is 24.3 Å². The van der Waals surface area contributed by atoms with Crippen LogP contribution in [0.2, 0.25) is 0 Å². The summed E-state index contributed by atoms with van der Waals surface area (Å²) < 4.78 is 11.6. The van der Waals surface area contributed by atoms with Gasteiger partial charge in [0, 0.05) is 76.3 Å². The Balaban J connectivity index is 1.48. The van der Waals surface area contributed by atoms with Crippen molar-refractivity contribution in [3.63, 3.8) is 0 Å². The molecule has 2 aliphatic heterocycles. The molecule has 19 heteroatoms. The fraction of sp³-hybridized carbons (Fsp3) is 0.592. The Morgan fingerprint density at radius 2 is 1.60 bits per heavy atom. The summed E-state index contributed by atoms with van der Waals surface area (Å²) >= 11 is 1.10. The predicted octanol–water partition coefficient (Wildman–Crippen LogP) is 4.52.